The number of hydrogen-bond acceptors (Lipinski definition) is 3. The molecular weight excluding hydrogens is 258 g/mol. The van der Waals surface area contributed by atoms with Gasteiger partial charge in [-0.15, -0.1) is 0 Å². The Morgan fingerprint density at radius 1 is 1.24 bits per heavy atom. The second kappa shape index (κ2) is 6.90. The van der Waals surface area contributed by atoms with Crippen LogP contribution in [0.1, 0.15) is 32.6 Å². The van der Waals surface area contributed by atoms with Crippen LogP contribution < -0.4 is 5.32 Å². The van der Waals surface area contributed by atoms with Crippen molar-refractivity contribution in [2.75, 3.05) is 25.0 Å². The van der Waals surface area contributed by atoms with Gasteiger partial charge < -0.3 is 10.2 Å². The Hall–Kier alpha value is -1.61. The van der Waals surface area contributed by atoms with Crippen LogP contribution in [0.25, 0.3) is 10.8 Å². The normalized spacial score (nSPS) is 20.3. The van der Waals surface area contributed by atoms with Gasteiger partial charge >= 0.3 is 0 Å². The van der Waals surface area contributed by atoms with Crippen molar-refractivity contribution in [3.8, 4) is 0 Å². The highest BCUT2D eigenvalue weighted by Crippen LogP contribution is 2.25. The monoisotopic (exact) mass is 283 g/mol. The molecule has 0 amide bonds. The van der Waals surface area contributed by atoms with Crippen LogP contribution in [0.5, 0.6) is 0 Å². The lowest BCUT2D eigenvalue weighted by molar-refractivity contribution is 0.285. The van der Waals surface area contributed by atoms with Crippen molar-refractivity contribution in [2.45, 2.75) is 38.6 Å². The summed E-state index contributed by atoms with van der Waals surface area (Å²) in [6, 6.07) is 9.13. The maximum Gasteiger partial charge on any atom is 0.0423 e. The van der Waals surface area contributed by atoms with Gasteiger partial charge in [-0.1, -0.05) is 19.1 Å². The summed E-state index contributed by atoms with van der Waals surface area (Å²) < 4.78 is 0. The summed E-state index contributed by atoms with van der Waals surface area (Å²) in [5.41, 5.74) is 1.25. The number of anilines is 1. The van der Waals surface area contributed by atoms with Gasteiger partial charge in [0, 0.05) is 41.4 Å². The number of rotatable bonds is 4. The molecule has 1 aromatic carbocycles. The van der Waals surface area contributed by atoms with Crippen LogP contribution in [-0.4, -0.2) is 35.6 Å². The number of benzene rings is 1. The van der Waals surface area contributed by atoms with E-state index in [4.69, 9.17) is 0 Å². The van der Waals surface area contributed by atoms with Gasteiger partial charge in [0.1, 0.15) is 0 Å². The van der Waals surface area contributed by atoms with Crippen molar-refractivity contribution in [3.63, 3.8) is 0 Å². The Balaban J connectivity index is 1.70. The van der Waals surface area contributed by atoms with E-state index in [2.05, 4.69) is 46.4 Å². The first kappa shape index (κ1) is 14.3. The third kappa shape index (κ3) is 3.53. The van der Waals surface area contributed by atoms with Gasteiger partial charge in [0.05, 0.1) is 0 Å². The van der Waals surface area contributed by atoms with Crippen molar-refractivity contribution in [1.82, 2.24) is 9.88 Å². The fourth-order valence-corrected chi connectivity index (χ4v) is 3.31. The second-order valence-corrected chi connectivity index (χ2v) is 6.02. The molecule has 2 heterocycles. The molecule has 3 heteroatoms. The van der Waals surface area contributed by atoms with Crippen LogP contribution in [0.3, 0.4) is 0 Å². The maximum atomic E-state index is 4.21. The standard InChI is InChI=1S/C18H25N3/c1-2-11-21-12-4-6-16(9-13-21)20-18-7-3-5-15-14-19-10-8-17(15)18/h3,5,7-8,10,14,16,20H,2,4,6,9,11-13H2,1H3. The van der Waals surface area contributed by atoms with Crippen molar-refractivity contribution >= 4 is 16.5 Å². The molecule has 0 spiro atoms. The van der Waals surface area contributed by atoms with E-state index in [1.807, 2.05) is 12.4 Å². The zero-order chi connectivity index (χ0) is 14.5. The summed E-state index contributed by atoms with van der Waals surface area (Å²) in [4.78, 5) is 6.82. The van der Waals surface area contributed by atoms with E-state index in [1.54, 1.807) is 0 Å². The average Bonchev–Trinajstić information content (AvgIpc) is 2.74. The van der Waals surface area contributed by atoms with E-state index in [0.717, 1.165) is 0 Å². The predicted octanol–water partition coefficient (Wildman–Crippen LogP) is 3.91. The first-order valence-electron chi connectivity index (χ1n) is 8.18. The van der Waals surface area contributed by atoms with E-state index in [1.165, 1.54) is 61.8 Å². The van der Waals surface area contributed by atoms with E-state index in [-0.39, 0.29) is 0 Å². The number of nitrogens with one attached hydrogen (secondary N) is 1. The van der Waals surface area contributed by atoms with Crippen LogP contribution in [0, 0.1) is 0 Å². The van der Waals surface area contributed by atoms with Gasteiger partial charge in [0.25, 0.3) is 0 Å². The first-order chi connectivity index (χ1) is 10.4. The van der Waals surface area contributed by atoms with Crippen molar-refractivity contribution in [1.29, 1.82) is 0 Å². The molecule has 0 saturated carbocycles. The van der Waals surface area contributed by atoms with Crippen LogP contribution in [-0.2, 0) is 0 Å². The molecule has 3 nitrogen and oxygen atoms in total. The smallest absolute Gasteiger partial charge is 0.0423 e. The Kier molecular flexibility index (Phi) is 4.71. The number of fused-ring (bicyclic) bond motifs is 1. The van der Waals surface area contributed by atoms with Gasteiger partial charge in [0.2, 0.25) is 0 Å². The molecule has 1 N–H and O–H groups in total. The molecule has 3 rings (SSSR count). The van der Waals surface area contributed by atoms with Crippen molar-refractivity contribution in [3.05, 3.63) is 36.7 Å². The highest BCUT2D eigenvalue weighted by Gasteiger charge is 2.16. The van der Waals surface area contributed by atoms with Crippen LogP contribution in [0.15, 0.2) is 36.7 Å². The second-order valence-electron chi connectivity index (χ2n) is 6.02. The number of hydrogen-bond donors (Lipinski definition) is 1. The molecule has 0 radical (unpaired) electrons. The molecular formula is C18H25N3. The summed E-state index contributed by atoms with van der Waals surface area (Å²) in [7, 11) is 0. The molecule has 0 aliphatic carbocycles. The minimum absolute atomic E-state index is 0.589. The Morgan fingerprint density at radius 2 is 2.19 bits per heavy atom. The summed E-state index contributed by atoms with van der Waals surface area (Å²) in [6.45, 7) is 5.99. The van der Waals surface area contributed by atoms with E-state index in [9.17, 15) is 0 Å². The first-order valence-corrected chi connectivity index (χ1v) is 8.18. The highest BCUT2D eigenvalue weighted by molar-refractivity contribution is 5.93. The third-order valence-electron chi connectivity index (χ3n) is 4.40. The van der Waals surface area contributed by atoms with E-state index < -0.39 is 0 Å². The Labute approximate surface area is 127 Å². The Bertz CT molecular complexity index is 576. The molecule has 1 fully saturated rings. The summed E-state index contributed by atoms with van der Waals surface area (Å²) in [5.74, 6) is 0. The van der Waals surface area contributed by atoms with E-state index in [0.29, 0.717) is 6.04 Å². The topological polar surface area (TPSA) is 28.2 Å². The molecule has 0 bridgehead atoms. The number of nitrogens with zero attached hydrogens (tertiary/aromatic N) is 2. The quantitative estimate of drug-likeness (QED) is 0.922. The Morgan fingerprint density at radius 3 is 3.10 bits per heavy atom. The fraction of sp³-hybridized carbons (Fsp3) is 0.500. The minimum atomic E-state index is 0.589. The van der Waals surface area contributed by atoms with E-state index >= 15 is 0 Å². The van der Waals surface area contributed by atoms with Gasteiger partial charge in [-0.3, -0.25) is 4.98 Å². The zero-order valence-corrected chi connectivity index (χ0v) is 12.9. The predicted molar refractivity (Wildman–Crippen MR) is 89.7 cm³/mol. The van der Waals surface area contributed by atoms with Crippen LogP contribution in [0.4, 0.5) is 5.69 Å². The molecule has 1 saturated heterocycles. The number of likely N-dealkylation sites (tertiary alicyclic amines) is 1. The summed E-state index contributed by atoms with van der Waals surface area (Å²) in [6.07, 6.45) is 8.88. The lowest BCUT2D eigenvalue weighted by Gasteiger charge is -2.20. The molecule has 21 heavy (non-hydrogen) atoms. The van der Waals surface area contributed by atoms with Gasteiger partial charge in [-0.2, -0.15) is 0 Å². The lowest BCUT2D eigenvalue weighted by atomic mass is 10.1. The molecule has 1 unspecified atom stereocenters. The fourth-order valence-electron chi connectivity index (χ4n) is 3.31. The highest BCUT2D eigenvalue weighted by atomic mass is 15.1. The maximum absolute atomic E-state index is 4.21. The van der Waals surface area contributed by atoms with Gasteiger partial charge in [-0.25, -0.2) is 0 Å². The third-order valence-corrected chi connectivity index (χ3v) is 4.40. The SMILES string of the molecule is CCCN1CCCC(Nc2cccc3cnccc23)CC1. The number of aromatic nitrogens is 1. The molecule has 1 aliphatic rings. The number of pyridine rings is 1. The molecule has 1 atom stereocenters. The molecule has 1 aromatic heterocycles. The van der Waals surface area contributed by atoms with Crippen LogP contribution >= 0.6 is 0 Å². The van der Waals surface area contributed by atoms with Crippen molar-refractivity contribution < 1.29 is 0 Å². The largest absolute Gasteiger partial charge is 0.382 e. The average molecular weight is 283 g/mol. The summed E-state index contributed by atoms with van der Waals surface area (Å²) in [5, 5.41) is 6.26. The molecule has 1 aliphatic heterocycles. The zero-order valence-electron chi connectivity index (χ0n) is 12.9. The van der Waals surface area contributed by atoms with Crippen LogP contribution in [0.2, 0.25) is 0 Å². The minimum Gasteiger partial charge on any atom is -0.382 e. The summed E-state index contributed by atoms with van der Waals surface area (Å²) >= 11 is 0. The molecule has 2 aromatic rings. The lowest BCUT2D eigenvalue weighted by Crippen LogP contribution is -2.27. The molecule has 112 valence electrons. The van der Waals surface area contributed by atoms with Gasteiger partial charge in [0.15, 0.2) is 0 Å². The van der Waals surface area contributed by atoms with Gasteiger partial charge in [-0.05, 0) is 50.9 Å². The van der Waals surface area contributed by atoms with Crippen molar-refractivity contribution in [2.24, 2.45) is 0 Å².